The second kappa shape index (κ2) is 9.51. The molecule has 2 aromatic carbocycles. The predicted molar refractivity (Wildman–Crippen MR) is 114 cm³/mol. The fraction of sp³-hybridized carbons (Fsp3) is 0.364. The SMILES string of the molecule is Cc1ccc(C(=O)CCC(=O)Nc2ccc(S(=O)(=O)N3CCOCC3)cc2)cc1C. The van der Waals surface area contributed by atoms with E-state index in [0.717, 1.165) is 11.1 Å². The molecule has 0 radical (unpaired) electrons. The van der Waals surface area contributed by atoms with Crippen LogP contribution in [-0.2, 0) is 19.6 Å². The molecule has 8 heteroatoms. The van der Waals surface area contributed by atoms with E-state index in [9.17, 15) is 18.0 Å². The number of amides is 1. The zero-order valence-corrected chi connectivity index (χ0v) is 18.0. The lowest BCUT2D eigenvalue weighted by Gasteiger charge is -2.26. The van der Waals surface area contributed by atoms with Gasteiger partial charge in [0.2, 0.25) is 15.9 Å². The van der Waals surface area contributed by atoms with Crippen molar-refractivity contribution in [3.63, 3.8) is 0 Å². The van der Waals surface area contributed by atoms with Gasteiger partial charge >= 0.3 is 0 Å². The maximum Gasteiger partial charge on any atom is 0.243 e. The normalized spacial score (nSPS) is 15.0. The van der Waals surface area contributed by atoms with Crippen molar-refractivity contribution in [2.24, 2.45) is 0 Å². The van der Waals surface area contributed by atoms with Crippen LogP contribution in [0, 0.1) is 13.8 Å². The Morgan fingerprint density at radius 3 is 2.27 bits per heavy atom. The Morgan fingerprint density at radius 2 is 1.63 bits per heavy atom. The summed E-state index contributed by atoms with van der Waals surface area (Å²) in [6.07, 6.45) is 0.164. The molecule has 0 bridgehead atoms. The number of hydrogen-bond acceptors (Lipinski definition) is 5. The topological polar surface area (TPSA) is 92.8 Å². The van der Waals surface area contributed by atoms with Crippen molar-refractivity contribution in [2.45, 2.75) is 31.6 Å². The lowest BCUT2D eigenvalue weighted by molar-refractivity contribution is -0.116. The number of Topliss-reactive ketones (excluding diaryl/α,β-unsaturated/α-hetero) is 1. The summed E-state index contributed by atoms with van der Waals surface area (Å²) in [6, 6.07) is 11.6. The lowest BCUT2D eigenvalue weighted by Crippen LogP contribution is -2.40. The molecule has 1 fully saturated rings. The standard InChI is InChI=1S/C22H26N2O5S/c1-16-3-4-18(15-17(16)2)21(25)9-10-22(26)23-19-5-7-20(8-6-19)30(27,28)24-11-13-29-14-12-24/h3-8,15H,9-14H2,1-2H3,(H,23,26). The molecule has 0 saturated carbocycles. The van der Waals surface area contributed by atoms with Gasteiger partial charge in [0.25, 0.3) is 0 Å². The lowest BCUT2D eigenvalue weighted by atomic mass is 10.0. The minimum absolute atomic E-state index is 0.0551. The molecule has 3 rings (SSSR count). The van der Waals surface area contributed by atoms with Gasteiger partial charge in [0.05, 0.1) is 18.1 Å². The molecule has 1 N–H and O–H groups in total. The minimum Gasteiger partial charge on any atom is -0.379 e. The molecular weight excluding hydrogens is 404 g/mol. The van der Waals surface area contributed by atoms with E-state index in [1.54, 1.807) is 18.2 Å². The number of hydrogen-bond donors (Lipinski definition) is 1. The Morgan fingerprint density at radius 1 is 0.967 bits per heavy atom. The number of ketones is 1. The highest BCUT2D eigenvalue weighted by atomic mass is 32.2. The van der Waals surface area contributed by atoms with Crippen molar-refractivity contribution in [3.05, 3.63) is 59.2 Å². The first kappa shape index (κ1) is 22.1. The Bertz CT molecular complexity index is 1030. The first-order chi connectivity index (χ1) is 14.3. The Labute approximate surface area is 177 Å². The van der Waals surface area contributed by atoms with Crippen molar-refractivity contribution in [2.75, 3.05) is 31.6 Å². The highest BCUT2D eigenvalue weighted by Gasteiger charge is 2.26. The summed E-state index contributed by atoms with van der Waals surface area (Å²) in [5, 5.41) is 2.71. The fourth-order valence-corrected chi connectivity index (χ4v) is 4.56. The number of nitrogens with zero attached hydrogens (tertiary/aromatic N) is 1. The molecule has 0 spiro atoms. The average Bonchev–Trinajstić information content (AvgIpc) is 2.75. The summed E-state index contributed by atoms with van der Waals surface area (Å²) in [5.74, 6) is -0.379. The molecule has 1 aliphatic rings. The Balaban J connectivity index is 1.55. The monoisotopic (exact) mass is 430 g/mol. The molecule has 30 heavy (non-hydrogen) atoms. The van der Waals surface area contributed by atoms with Crippen LogP contribution >= 0.6 is 0 Å². The number of morpholine rings is 1. The average molecular weight is 431 g/mol. The molecule has 0 aliphatic carbocycles. The van der Waals surface area contributed by atoms with Gasteiger partial charge in [-0.2, -0.15) is 4.31 Å². The predicted octanol–water partition coefficient (Wildman–Crippen LogP) is 2.93. The van der Waals surface area contributed by atoms with Gasteiger partial charge in [-0.05, 0) is 55.3 Å². The molecule has 0 atom stereocenters. The van der Waals surface area contributed by atoms with Crippen molar-refractivity contribution < 1.29 is 22.7 Å². The molecule has 1 heterocycles. The quantitative estimate of drug-likeness (QED) is 0.682. The van der Waals surface area contributed by atoms with E-state index in [2.05, 4.69) is 5.32 Å². The summed E-state index contributed by atoms with van der Waals surface area (Å²) >= 11 is 0. The van der Waals surface area contributed by atoms with E-state index in [1.165, 1.54) is 16.4 Å². The summed E-state index contributed by atoms with van der Waals surface area (Å²) in [5.41, 5.74) is 3.24. The number of carbonyl (C=O) groups is 2. The number of nitrogens with one attached hydrogen (secondary N) is 1. The third-order valence-electron chi connectivity index (χ3n) is 5.15. The molecule has 0 aromatic heterocycles. The summed E-state index contributed by atoms with van der Waals surface area (Å²) in [6.45, 7) is 5.35. The number of benzene rings is 2. The molecule has 7 nitrogen and oxygen atoms in total. The van der Waals surface area contributed by atoms with Gasteiger partial charge < -0.3 is 10.1 Å². The number of carbonyl (C=O) groups excluding carboxylic acids is 2. The fourth-order valence-electron chi connectivity index (χ4n) is 3.16. The third-order valence-corrected chi connectivity index (χ3v) is 7.07. The van der Waals surface area contributed by atoms with E-state index in [1.807, 2.05) is 26.0 Å². The number of ether oxygens (including phenoxy) is 1. The van der Waals surface area contributed by atoms with Crippen LogP contribution in [-0.4, -0.2) is 50.7 Å². The summed E-state index contributed by atoms with van der Waals surface area (Å²) in [7, 11) is -3.57. The zero-order chi connectivity index (χ0) is 21.7. The number of aryl methyl sites for hydroxylation is 2. The molecule has 0 unspecified atom stereocenters. The molecule has 1 aliphatic heterocycles. The maximum absolute atomic E-state index is 12.6. The van der Waals surface area contributed by atoms with Gasteiger partial charge in [-0.25, -0.2) is 8.42 Å². The van der Waals surface area contributed by atoms with E-state index >= 15 is 0 Å². The van der Waals surface area contributed by atoms with E-state index in [-0.39, 0.29) is 29.4 Å². The van der Waals surface area contributed by atoms with Crippen LogP contribution in [0.25, 0.3) is 0 Å². The van der Waals surface area contributed by atoms with Crippen molar-refractivity contribution in [3.8, 4) is 0 Å². The van der Waals surface area contributed by atoms with Gasteiger partial charge in [0.1, 0.15) is 0 Å². The summed E-state index contributed by atoms with van der Waals surface area (Å²) in [4.78, 5) is 24.7. The number of sulfonamides is 1. The van der Waals surface area contributed by atoms with Gasteiger partial charge in [0.15, 0.2) is 5.78 Å². The molecule has 1 saturated heterocycles. The maximum atomic E-state index is 12.6. The molecule has 2 aromatic rings. The second-order valence-electron chi connectivity index (χ2n) is 7.31. The van der Waals surface area contributed by atoms with Crippen LogP contribution < -0.4 is 5.32 Å². The van der Waals surface area contributed by atoms with E-state index < -0.39 is 10.0 Å². The first-order valence-electron chi connectivity index (χ1n) is 9.85. The highest BCUT2D eigenvalue weighted by molar-refractivity contribution is 7.89. The molecular formula is C22H26N2O5S. The highest BCUT2D eigenvalue weighted by Crippen LogP contribution is 2.20. The second-order valence-corrected chi connectivity index (χ2v) is 9.25. The number of rotatable bonds is 7. The van der Waals surface area contributed by atoms with Gasteiger partial charge in [-0.1, -0.05) is 12.1 Å². The zero-order valence-electron chi connectivity index (χ0n) is 17.2. The van der Waals surface area contributed by atoms with Crippen molar-refractivity contribution >= 4 is 27.4 Å². The van der Waals surface area contributed by atoms with E-state index in [4.69, 9.17) is 4.74 Å². The smallest absolute Gasteiger partial charge is 0.243 e. The molecule has 1 amide bonds. The van der Waals surface area contributed by atoms with Crippen molar-refractivity contribution in [1.29, 1.82) is 0 Å². The van der Waals surface area contributed by atoms with Crippen LogP contribution in [0.4, 0.5) is 5.69 Å². The third kappa shape index (κ3) is 5.33. The van der Waals surface area contributed by atoms with Crippen LogP contribution in [0.3, 0.4) is 0 Å². The van der Waals surface area contributed by atoms with Gasteiger partial charge in [0, 0.05) is 37.2 Å². The Kier molecular flexibility index (Phi) is 7.02. The van der Waals surface area contributed by atoms with Crippen LogP contribution in [0.15, 0.2) is 47.4 Å². The summed E-state index contributed by atoms with van der Waals surface area (Å²) < 4.78 is 31.8. The van der Waals surface area contributed by atoms with Gasteiger partial charge in [-0.3, -0.25) is 9.59 Å². The Hall–Kier alpha value is -2.55. The van der Waals surface area contributed by atoms with Crippen molar-refractivity contribution in [1.82, 2.24) is 4.31 Å². The van der Waals surface area contributed by atoms with Gasteiger partial charge in [-0.15, -0.1) is 0 Å². The van der Waals surface area contributed by atoms with E-state index in [0.29, 0.717) is 37.6 Å². The van der Waals surface area contributed by atoms with Crippen LogP contribution in [0.5, 0.6) is 0 Å². The largest absolute Gasteiger partial charge is 0.379 e. The minimum atomic E-state index is -3.57. The molecule has 160 valence electrons. The number of anilines is 1. The first-order valence-corrected chi connectivity index (χ1v) is 11.3. The van der Waals surface area contributed by atoms with Crippen LogP contribution in [0.1, 0.15) is 34.3 Å². The van der Waals surface area contributed by atoms with Crippen LogP contribution in [0.2, 0.25) is 0 Å².